The minimum atomic E-state index is -0.438. The lowest BCUT2D eigenvalue weighted by Gasteiger charge is -2.16. The van der Waals surface area contributed by atoms with Crippen LogP contribution in [0.25, 0.3) is 0 Å². The zero-order chi connectivity index (χ0) is 23.1. The van der Waals surface area contributed by atoms with E-state index in [4.69, 9.17) is 14.7 Å². The highest BCUT2D eigenvalue weighted by molar-refractivity contribution is 5.32. The summed E-state index contributed by atoms with van der Waals surface area (Å²) in [5.74, 6) is 0.481. The first-order chi connectivity index (χ1) is 15.8. The number of hydrogen-bond acceptors (Lipinski definition) is 5. The van der Waals surface area contributed by atoms with Gasteiger partial charge >= 0.3 is 0 Å². The Kier molecular flexibility index (Phi) is 18.8. The molecule has 1 N–H and O–H groups in total. The van der Waals surface area contributed by atoms with Crippen molar-refractivity contribution in [3.63, 3.8) is 0 Å². The Morgan fingerprint density at radius 3 is 1.88 bits per heavy atom. The minimum absolute atomic E-state index is 0.129. The van der Waals surface area contributed by atoms with Crippen molar-refractivity contribution < 1.29 is 14.6 Å². The molecule has 1 atom stereocenters. The average Bonchev–Trinajstić information content (AvgIpc) is 2.82. The third kappa shape index (κ3) is 16.1. The number of nitriles is 1. The molecule has 1 aromatic heterocycles. The molecule has 0 amide bonds. The third-order valence-electron chi connectivity index (χ3n) is 5.79. The molecule has 1 heterocycles. The van der Waals surface area contributed by atoms with Crippen LogP contribution in [0.3, 0.4) is 0 Å². The SMILES string of the molecule is CCCCCCCCCCCCCCCCCCOC[C@H](CO)Oc1cncc(C#N)c1. The van der Waals surface area contributed by atoms with Gasteiger partial charge in [0.2, 0.25) is 0 Å². The maximum atomic E-state index is 9.47. The van der Waals surface area contributed by atoms with Crippen LogP contribution in [-0.4, -0.2) is 36.0 Å². The Morgan fingerprint density at radius 2 is 1.38 bits per heavy atom. The summed E-state index contributed by atoms with van der Waals surface area (Å²) in [6, 6.07) is 3.64. The van der Waals surface area contributed by atoms with Crippen molar-refractivity contribution in [3.8, 4) is 11.8 Å². The van der Waals surface area contributed by atoms with E-state index in [1.165, 1.54) is 103 Å². The van der Waals surface area contributed by atoms with Gasteiger partial charge in [-0.05, 0) is 6.42 Å². The van der Waals surface area contributed by atoms with Crippen LogP contribution in [0.5, 0.6) is 5.75 Å². The number of aliphatic hydroxyl groups is 1. The molecule has 0 bridgehead atoms. The number of aromatic nitrogens is 1. The van der Waals surface area contributed by atoms with Crippen molar-refractivity contribution in [2.45, 2.75) is 116 Å². The van der Waals surface area contributed by atoms with Crippen molar-refractivity contribution in [1.29, 1.82) is 5.26 Å². The van der Waals surface area contributed by atoms with Crippen LogP contribution in [0.15, 0.2) is 18.5 Å². The van der Waals surface area contributed by atoms with E-state index >= 15 is 0 Å². The lowest BCUT2D eigenvalue weighted by Crippen LogP contribution is -2.27. The predicted molar refractivity (Wildman–Crippen MR) is 131 cm³/mol. The van der Waals surface area contributed by atoms with Crippen molar-refractivity contribution in [3.05, 3.63) is 24.0 Å². The second kappa shape index (κ2) is 21.2. The fraction of sp³-hybridized carbons (Fsp3) is 0.778. The summed E-state index contributed by atoms with van der Waals surface area (Å²) in [7, 11) is 0. The van der Waals surface area contributed by atoms with E-state index in [-0.39, 0.29) is 6.61 Å². The summed E-state index contributed by atoms with van der Waals surface area (Å²) in [6.07, 6.45) is 24.3. The molecular weight excluding hydrogens is 400 g/mol. The van der Waals surface area contributed by atoms with Gasteiger partial charge in [0.15, 0.2) is 0 Å². The van der Waals surface area contributed by atoms with Gasteiger partial charge in [-0.2, -0.15) is 5.26 Å². The summed E-state index contributed by atoms with van der Waals surface area (Å²) in [5.41, 5.74) is 0.438. The Bertz CT molecular complexity index is 589. The molecule has 0 spiro atoms. The molecule has 1 aromatic rings. The lowest BCUT2D eigenvalue weighted by molar-refractivity contribution is 0.0187. The Morgan fingerprint density at radius 1 is 0.844 bits per heavy atom. The van der Waals surface area contributed by atoms with Gasteiger partial charge < -0.3 is 14.6 Å². The largest absolute Gasteiger partial charge is 0.484 e. The van der Waals surface area contributed by atoms with Crippen molar-refractivity contribution in [1.82, 2.24) is 4.98 Å². The predicted octanol–water partition coefficient (Wildman–Crippen LogP) is 6.97. The average molecular weight is 447 g/mol. The molecule has 0 aliphatic carbocycles. The Balaban J connectivity index is 1.86. The molecule has 5 heteroatoms. The number of pyridine rings is 1. The highest BCUT2D eigenvalue weighted by Gasteiger charge is 2.10. The monoisotopic (exact) mass is 446 g/mol. The molecule has 0 aromatic carbocycles. The highest BCUT2D eigenvalue weighted by atomic mass is 16.5. The van der Waals surface area contributed by atoms with E-state index in [1.54, 1.807) is 12.3 Å². The molecule has 32 heavy (non-hydrogen) atoms. The molecule has 5 nitrogen and oxygen atoms in total. The number of hydrogen-bond donors (Lipinski definition) is 1. The molecule has 182 valence electrons. The van der Waals surface area contributed by atoms with E-state index in [9.17, 15) is 5.11 Å². The van der Waals surface area contributed by atoms with E-state index in [1.807, 2.05) is 6.07 Å². The molecule has 0 unspecified atom stereocenters. The first-order valence-corrected chi connectivity index (χ1v) is 13.0. The zero-order valence-electron chi connectivity index (χ0n) is 20.4. The summed E-state index contributed by atoms with van der Waals surface area (Å²) in [4.78, 5) is 3.96. The standard InChI is InChI=1S/C27H46N2O3/c1-2-3-4-5-6-7-8-9-10-11-12-13-14-15-16-17-18-31-24-27(23-30)32-26-19-25(20-28)21-29-22-26/h19,21-22,27,30H,2-18,23-24H2,1H3/t27-/m0/s1. The highest BCUT2D eigenvalue weighted by Crippen LogP contribution is 2.14. The number of rotatable bonds is 22. The quantitative estimate of drug-likeness (QED) is 0.195. The van der Waals surface area contributed by atoms with Crippen LogP contribution >= 0.6 is 0 Å². The number of unbranched alkanes of at least 4 members (excludes halogenated alkanes) is 15. The Labute approximate surface area is 196 Å². The van der Waals surface area contributed by atoms with Crippen LogP contribution in [0.1, 0.15) is 115 Å². The van der Waals surface area contributed by atoms with Gasteiger partial charge in [0.25, 0.3) is 0 Å². The van der Waals surface area contributed by atoms with E-state index < -0.39 is 6.10 Å². The summed E-state index contributed by atoms with van der Waals surface area (Å²) >= 11 is 0. The van der Waals surface area contributed by atoms with Gasteiger partial charge in [0.05, 0.1) is 25.0 Å². The fourth-order valence-electron chi connectivity index (χ4n) is 3.83. The summed E-state index contributed by atoms with van der Waals surface area (Å²) in [5, 5.41) is 18.4. The van der Waals surface area contributed by atoms with Gasteiger partial charge in [-0.15, -0.1) is 0 Å². The maximum absolute atomic E-state index is 9.47. The van der Waals surface area contributed by atoms with Crippen molar-refractivity contribution in [2.75, 3.05) is 19.8 Å². The second-order valence-electron chi connectivity index (χ2n) is 8.82. The second-order valence-corrected chi connectivity index (χ2v) is 8.82. The number of ether oxygens (including phenoxy) is 2. The maximum Gasteiger partial charge on any atom is 0.145 e. The van der Waals surface area contributed by atoms with E-state index in [2.05, 4.69) is 11.9 Å². The minimum Gasteiger partial charge on any atom is -0.484 e. The van der Waals surface area contributed by atoms with Crippen molar-refractivity contribution in [2.24, 2.45) is 0 Å². The van der Waals surface area contributed by atoms with Gasteiger partial charge in [-0.3, -0.25) is 4.98 Å². The topological polar surface area (TPSA) is 75.4 Å². The van der Waals surface area contributed by atoms with E-state index in [0.29, 0.717) is 24.5 Å². The van der Waals surface area contributed by atoms with Gasteiger partial charge in [0.1, 0.15) is 17.9 Å². The smallest absolute Gasteiger partial charge is 0.145 e. The number of aliphatic hydroxyl groups excluding tert-OH is 1. The van der Waals surface area contributed by atoms with E-state index in [0.717, 1.165) is 6.42 Å². The molecule has 0 aliphatic heterocycles. The normalized spacial score (nSPS) is 11.9. The summed E-state index contributed by atoms with van der Waals surface area (Å²) < 4.78 is 11.3. The lowest BCUT2D eigenvalue weighted by atomic mass is 10.0. The molecule has 1 rings (SSSR count). The molecule has 0 radical (unpaired) electrons. The Hall–Kier alpha value is -1.64. The van der Waals surface area contributed by atoms with Crippen LogP contribution in [0.4, 0.5) is 0 Å². The van der Waals surface area contributed by atoms with Crippen LogP contribution < -0.4 is 4.74 Å². The van der Waals surface area contributed by atoms with Gasteiger partial charge in [-0.25, -0.2) is 0 Å². The van der Waals surface area contributed by atoms with Crippen LogP contribution in [0, 0.1) is 11.3 Å². The molecule has 0 saturated carbocycles. The van der Waals surface area contributed by atoms with Gasteiger partial charge in [-0.1, -0.05) is 103 Å². The first-order valence-electron chi connectivity index (χ1n) is 13.0. The fourth-order valence-corrected chi connectivity index (χ4v) is 3.83. The van der Waals surface area contributed by atoms with Crippen molar-refractivity contribution >= 4 is 0 Å². The summed E-state index contributed by atoms with van der Waals surface area (Å²) in [6.45, 7) is 3.18. The number of nitrogens with zero attached hydrogens (tertiary/aromatic N) is 2. The molecule has 0 fully saturated rings. The third-order valence-corrected chi connectivity index (χ3v) is 5.79. The zero-order valence-corrected chi connectivity index (χ0v) is 20.4. The van der Waals surface area contributed by atoms with Crippen LogP contribution in [-0.2, 0) is 4.74 Å². The van der Waals surface area contributed by atoms with Gasteiger partial charge in [0, 0.05) is 18.9 Å². The molecular formula is C27H46N2O3. The van der Waals surface area contributed by atoms with Crippen LogP contribution in [0.2, 0.25) is 0 Å². The molecule has 0 aliphatic rings. The molecule has 0 saturated heterocycles. The first kappa shape index (κ1) is 28.4.